The van der Waals surface area contributed by atoms with Gasteiger partial charge in [-0.2, -0.15) is 0 Å². The summed E-state index contributed by atoms with van der Waals surface area (Å²) in [7, 11) is 0. The summed E-state index contributed by atoms with van der Waals surface area (Å²) in [4.78, 5) is 10.6. The number of ether oxygens (including phenoxy) is 2. The third-order valence-corrected chi connectivity index (χ3v) is 1.87. The Morgan fingerprint density at radius 1 is 1.40 bits per heavy atom. The van der Waals surface area contributed by atoms with Crippen molar-refractivity contribution in [2.24, 2.45) is 5.41 Å². The van der Waals surface area contributed by atoms with Gasteiger partial charge in [-0.05, 0) is 18.8 Å². The summed E-state index contributed by atoms with van der Waals surface area (Å²) in [5, 5.41) is 0. The van der Waals surface area contributed by atoms with Crippen molar-refractivity contribution in [3.63, 3.8) is 0 Å². The first-order chi connectivity index (χ1) is 6.85. The van der Waals surface area contributed by atoms with Crippen molar-refractivity contribution >= 4 is 19.1 Å². The Morgan fingerprint density at radius 2 is 2.00 bits per heavy atom. The summed E-state index contributed by atoms with van der Waals surface area (Å²) in [5.41, 5.74) is 0.258. The van der Waals surface area contributed by atoms with Crippen molar-refractivity contribution in [1.82, 2.24) is 0 Å². The maximum absolute atomic E-state index is 10.6. The Bertz CT molecular complexity index is 188. The summed E-state index contributed by atoms with van der Waals surface area (Å²) in [6.07, 6.45) is -0.147. The summed E-state index contributed by atoms with van der Waals surface area (Å²) >= 11 is 3.32. The molecule has 1 unspecified atom stereocenters. The van der Waals surface area contributed by atoms with E-state index in [0.717, 1.165) is 6.42 Å². The highest BCUT2D eigenvalue weighted by Crippen LogP contribution is 2.17. The van der Waals surface area contributed by atoms with Crippen molar-refractivity contribution < 1.29 is 18.5 Å². The highest BCUT2D eigenvalue weighted by Gasteiger charge is 2.12. The lowest BCUT2D eigenvalue weighted by molar-refractivity contribution is 0.00726. The first-order valence-electron chi connectivity index (χ1n) is 4.95. The molecule has 0 aliphatic carbocycles. The van der Waals surface area contributed by atoms with Gasteiger partial charge in [0.2, 0.25) is 0 Å². The summed E-state index contributed by atoms with van der Waals surface area (Å²) in [6.45, 7) is 9.21. The molecule has 0 amide bonds. The molecular weight excluding hydrogens is 216 g/mol. The van der Waals surface area contributed by atoms with Crippen LogP contribution >= 0.6 is 12.9 Å². The van der Waals surface area contributed by atoms with Gasteiger partial charge in [-0.1, -0.05) is 20.8 Å². The highest BCUT2D eigenvalue weighted by atomic mass is 32.1. The fourth-order valence-electron chi connectivity index (χ4n) is 0.847. The number of rotatable bonds is 5. The second kappa shape index (κ2) is 6.95. The standard InChI is InChI=1S/C10H20O4S/c1-8(13-9(11)14-15)7-12-6-5-10(2,3)4/h8,15H,5-7H2,1-4H3. The van der Waals surface area contributed by atoms with E-state index in [1.165, 1.54) is 0 Å². The third-order valence-electron chi connectivity index (χ3n) is 1.72. The molecule has 0 aromatic heterocycles. The zero-order chi connectivity index (χ0) is 11.9. The van der Waals surface area contributed by atoms with E-state index in [1.807, 2.05) is 0 Å². The molecule has 0 N–H and O–H groups in total. The van der Waals surface area contributed by atoms with Crippen LogP contribution in [0.25, 0.3) is 0 Å². The van der Waals surface area contributed by atoms with Gasteiger partial charge in [0.25, 0.3) is 0 Å². The van der Waals surface area contributed by atoms with Gasteiger partial charge in [0.1, 0.15) is 6.10 Å². The predicted octanol–water partition coefficient (Wildman–Crippen LogP) is 2.83. The minimum atomic E-state index is -0.801. The molecule has 4 nitrogen and oxygen atoms in total. The van der Waals surface area contributed by atoms with Crippen LogP contribution < -0.4 is 0 Å². The van der Waals surface area contributed by atoms with E-state index in [0.29, 0.717) is 13.2 Å². The summed E-state index contributed by atoms with van der Waals surface area (Å²) < 4.78 is 14.2. The number of hydrogen-bond donors (Lipinski definition) is 1. The topological polar surface area (TPSA) is 44.8 Å². The molecule has 5 heteroatoms. The normalized spacial score (nSPS) is 13.4. The molecule has 1 atom stereocenters. The average Bonchev–Trinajstić information content (AvgIpc) is 2.11. The second-order valence-corrected chi connectivity index (χ2v) is 4.84. The van der Waals surface area contributed by atoms with E-state index in [-0.39, 0.29) is 11.5 Å². The van der Waals surface area contributed by atoms with Gasteiger partial charge in [-0.25, -0.2) is 4.79 Å². The number of thiol groups is 1. The van der Waals surface area contributed by atoms with Gasteiger partial charge >= 0.3 is 6.16 Å². The molecule has 0 fully saturated rings. The summed E-state index contributed by atoms with van der Waals surface area (Å²) in [5.74, 6) is 0. The average molecular weight is 236 g/mol. The lowest BCUT2D eigenvalue weighted by atomic mass is 9.93. The lowest BCUT2D eigenvalue weighted by Crippen LogP contribution is -2.21. The Hall–Kier alpha value is -0.420. The number of carbonyl (C=O) groups is 1. The van der Waals surface area contributed by atoms with Gasteiger partial charge in [-0.3, -0.25) is 0 Å². The molecule has 0 spiro atoms. The number of carbonyl (C=O) groups excluding carboxylic acids is 1. The van der Waals surface area contributed by atoms with Crippen LogP contribution in [0.1, 0.15) is 34.1 Å². The van der Waals surface area contributed by atoms with Crippen molar-refractivity contribution in [2.75, 3.05) is 13.2 Å². The molecule has 0 aromatic carbocycles. The van der Waals surface area contributed by atoms with E-state index in [4.69, 9.17) is 9.47 Å². The van der Waals surface area contributed by atoms with Gasteiger partial charge < -0.3 is 13.7 Å². The van der Waals surface area contributed by atoms with Gasteiger partial charge in [0.05, 0.1) is 6.61 Å². The molecule has 0 radical (unpaired) electrons. The Labute approximate surface area is 96.9 Å². The van der Waals surface area contributed by atoms with E-state index in [1.54, 1.807) is 6.92 Å². The first kappa shape index (κ1) is 14.6. The monoisotopic (exact) mass is 236 g/mol. The minimum Gasteiger partial charge on any atom is -0.428 e. The maximum atomic E-state index is 10.6. The molecule has 0 saturated heterocycles. The zero-order valence-electron chi connectivity index (χ0n) is 9.78. The lowest BCUT2D eigenvalue weighted by Gasteiger charge is -2.18. The highest BCUT2D eigenvalue weighted by molar-refractivity contribution is 7.75. The van der Waals surface area contributed by atoms with E-state index < -0.39 is 6.16 Å². The van der Waals surface area contributed by atoms with Crippen LogP contribution in [-0.4, -0.2) is 25.5 Å². The van der Waals surface area contributed by atoms with Crippen LogP contribution in [0.5, 0.6) is 0 Å². The smallest absolute Gasteiger partial charge is 0.428 e. The van der Waals surface area contributed by atoms with Gasteiger partial charge in [0, 0.05) is 19.5 Å². The van der Waals surface area contributed by atoms with Crippen LogP contribution in [0.3, 0.4) is 0 Å². The largest absolute Gasteiger partial charge is 0.520 e. The van der Waals surface area contributed by atoms with Crippen LogP contribution in [0.4, 0.5) is 4.79 Å². The quantitative estimate of drug-likeness (QED) is 0.345. The third kappa shape index (κ3) is 9.87. The molecule has 0 bridgehead atoms. The minimum absolute atomic E-state index is 0.258. The fraction of sp³-hybridized carbons (Fsp3) is 0.900. The van der Waals surface area contributed by atoms with E-state index in [2.05, 4.69) is 37.9 Å². The molecule has 0 heterocycles. The molecular formula is C10H20O4S. The van der Waals surface area contributed by atoms with Gasteiger partial charge in [-0.15, -0.1) is 0 Å². The molecule has 0 saturated carbocycles. The second-order valence-electron chi connectivity index (χ2n) is 4.66. The Morgan fingerprint density at radius 3 is 2.47 bits per heavy atom. The van der Waals surface area contributed by atoms with Gasteiger partial charge in [0.15, 0.2) is 0 Å². The SMILES string of the molecule is CC(COCCC(C)(C)C)OC(=O)OS. The fourth-order valence-corrected chi connectivity index (χ4v) is 0.890. The zero-order valence-corrected chi connectivity index (χ0v) is 10.7. The van der Waals surface area contributed by atoms with Crippen LogP contribution in [0.2, 0.25) is 0 Å². The van der Waals surface area contributed by atoms with E-state index >= 15 is 0 Å². The maximum Gasteiger partial charge on any atom is 0.520 e. The van der Waals surface area contributed by atoms with Crippen LogP contribution in [0, 0.1) is 5.41 Å². The molecule has 0 aliphatic heterocycles. The van der Waals surface area contributed by atoms with Crippen molar-refractivity contribution in [3.8, 4) is 0 Å². The van der Waals surface area contributed by atoms with Crippen molar-refractivity contribution in [1.29, 1.82) is 0 Å². The first-order valence-corrected chi connectivity index (χ1v) is 5.31. The van der Waals surface area contributed by atoms with E-state index in [9.17, 15) is 4.79 Å². The van der Waals surface area contributed by atoms with Crippen molar-refractivity contribution in [2.45, 2.75) is 40.2 Å². The van der Waals surface area contributed by atoms with Crippen LogP contribution in [0.15, 0.2) is 0 Å². The van der Waals surface area contributed by atoms with Crippen molar-refractivity contribution in [3.05, 3.63) is 0 Å². The summed E-state index contributed by atoms with van der Waals surface area (Å²) in [6, 6.07) is 0. The number of hydrogen-bond acceptors (Lipinski definition) is 5. The molecule has 0 rings (SSSR count). The van der Waals surface area contributed by atoms with Crippen LogP contribution in [-0.2, 0) is 13.7 Å². The Balaban J connectivity index is 3.47. The molecule has 90 valence electrons. The molecule has 0 aliphatic rings. The molecule has 0 aromatic rings. The Kier molecular flexibility index (Phi) is 6.76. The molecule has 15 heavy (non-hydrogen) atoms. The predicted molar refractivity (Wildman–Crippen MR) is 60.9 cm³/mol.